The summed E-state index contributed by atoms with van der Waals surface area (Å²) in [6.07, 6.45) is 7.27. The van der Waals surface area contributed by atoms with Gasteiger partial charge in [-0.25, -0.2) is 0 Å². The van der Waals surface area contributed by atoms with Crippen LogP contribution in [0.2, 0.25) is 5.82 Å². The van der Waals surface area contributed by atoms with E-state index in [4.69, 9.17) is 10.1 Å². The summed E-state index contributed by atoms with van der Waals surface area (Å²) < 4.78 is 4.99. The number of carbonyl (C=O) groups excluding carboxylic acids is 1. The van der Waals surface area contributed by atoms with Crippen LogP contribution in [0.25, 0.3) is 0 Å². The Labute approximate surface area is 117 Å². The molecule has 1 aliphatic rings. The fraction of sp³-hybridized carbons (Fsp3) is 0.857. The molecular weight excluding hydrogens is 239 g/mol. The molecule has 0 aromatic carbocycles. The lowest BCUT2D eigenvalue weighted by molar-refractivity contribution is -0.122. The highest BCUT2D eigenvalue weighted by molar-refractivity contribution is 6.39. The van der Waals surface area contributed by atoms with Gasteiger partial charge in [-0.05, 0) is 31.6 Å². The predicted molar refractivity (Wildman–Crippen MR) is 79.8 cm³/mol. The van der Waals surface area contributed by atoms with Crippen LogP contribution in [-0.4, -0.2) is 25.8 Å². The van der Waals surface area contributed by atoms with E-state index in [1.807, 2.05) is 13.8 Å². The molecule has 1 rings (SSSR count). The van der Waals surface area contributed by atoms with Crippen molar-refractivity contribution < 1.29 is 9.45 Å². The number of hydrogen-bond donors (Lipinski definition) is 2. The molecule has 19 heavy (non-hydrogen) atoms. The van der Waals surface area contributed by atoms with E-state index in [0.717, 1.165) is 6.40 Å². The van der Waals surface area contributed by atoms with Crippen LogP contribution in [0.1, 0.15) is 52.9 Å². The molecule has 0 aromatic heterocycles. The topological polar surface area (TPSA) is 62.2 Å². The van der Waals surface area contributed by atoms with E-state index in [-0.39, 0.29) is 23.7 Å². The third-order valence-corrected chi connectivity index (χ3v) is 4.23. The Bertz CT molecular complexity index is 291. The van der Waals surface area contributed by atoms with Crippen molar-refractivity contribution in [2.45, 2.75) is 64.7 Å². The second kappa shape index (κ2) is 8.23. The van der Waals surface area contributed by atoms with Gasteiger partial charge in [0.2, 0.25) is 5.91 Å². The van der Waals surface area contributed by atoms with Crippen LogP contribution < -0.4 is 5.32 Å². The van der Waals surface area contributed by atoms with Crippen molar-refractivity contribution in [1.29, 1.82) is 5.41 Å². The van der Waals surface area contributed by atoms with Gasteiger partial charge in [0, 0.05) is 6.04 Å². The van der Waals surface area contributed by atoms with Crippen molar-refractivity contribution in [3.8, 4) is 0 Å². The molecule has 0 spiro atoms. The van der Waals surface area contributed by atoms with E-state index in [9.17, 15) is 4.79 Å². The lowest BCUT2D eigenvalue weighted by atomic mass is 9.71. The molecule has 1 amide bonds. The van der Waals surface area contributed by atoms with E-state index in [1.54, 1.807) is 0 Å². The molecule has 0 bridgehead atoms. The van der Waals surface area contributed by atoms with Crippen molar-refractivity contribution in [3.05, 3.63) is 0 Å². The minimum Gasteiger partial charge on any atom is -0.556 e. The standard InChI is InChI=1S/C14H27BN2O2/c1-10(2)13(15-19-9-16)14(18)17-11(3)12-7-5-4-6-8-12/h9-13,15-16H,4-8H2,1-3H3,(H,17,18)/t11-,13+/m0/s1. The van der Waals surface area contributed by atoms with E-state index in [1.165, 1.54) is 32.1 Å². The van der Waals surface area contributed by atoms with Crippen molar-refractivity contribution >= 4 is 19.8 Å². The molecule has 108 valence electrons. The Morgan fingerprint density at radius 1 is 1.32 bits per heavy atom. The number of nitrogens with one attached hydrogen (secondary N) is 2. The Hall–Kier alpha value is -0.995. The second-order valence-corrected chi connectivity index (χ2v) is 6.00. The quantitative estimate of drug-likeness (QED) is 0.422. The molecule has 4 nitrogen and oxygen atoms in total. The van der Waals surface area contributed by atoms with Gasteiger partial charge in [-0.2, -0.15) is 0 Å². The molecule has 0 aliphatic heterocycles. The normalized spacial score (nSPS) is 19.6. The molecule has 2 N–H and O–H groups in total. The molecule has 1 aliphatic carbocycles. The van der Waals surface area contributed by atoms with Gasteiger partial charge < -0.3 is 9.97 Å². The summed E-state index contributed by atoms with van der Waals surface area (Å²) in [5.74, 6) is 0.732. The average Bonchev–Trinajstić information content (AvgIpc) is 2.39. The summed E-state index contributed by atoms with van der Waals surface area (Å²) in [6, 6.07) is 0.244. The van der Waals surface area contributed by atoms with Crippen LogP contribution in [0.4, 0.5) is 0 Å². The maximum absolute atomic E-state index is 12.3. The number of hydrogen-bond acceptors (Lipinski definition) is 3. The van der Waals surface area contributed by atoms with E-state index in [2.05, 4.69) is 12.2 Å². The molecule has 1 fully saturated rings. The Balaban J connectivity index is 2.47. The van der Waals surface area contributed by atoms with Crippen LogP contribution in [0, 0.1) is 17.2 Å². The summed E-state index contributed by atoms with van der Waals surface area (Å²) in [7, 11) is 0.296. The zero-order valence-corrected chi connectivity index (χ0v) is 12.4. The molecule has 0 saturated heterocycles. The van der Waals surface area contributed by atoms with Gasteiger partial charge in [0.05, 0.1) is 5.82 Å². The van der Waals surface area contributed by atoms with Crippen LogP contribution >= 0.6 is 0 Å². The van der Waals surface area contributed by atoms with Crippen LogP contribution in [-0.2, 0) is 9.45 Å². The van der Waals surface area contributed by atoms with Crippen molar-refractivity contribution in [1.82, 2.24) is 5.32 Å². The lowest BCUT2D eigenvalue weighted by Gasteiger charge is -2.30. The van der Waals surface area contributed by atoms with Gasteiger partial charge in [-0.1, -0.05) is 33.1 Å². The maximum Gasteiger partial charge on any atom is 0.354 e. The number of amides is 1. The summed E-state index contributed by atoms with van der Waals surface area (Å²) >= 11 is 0. The first-order valence-corrected chi connectivity index (χ1v) is 7.47. The highest BCUT2D eigenvalue weighted by Gasteiger charge is 2.28. The van der Waals surface area contributed by atoms with Crippen molar-refractivity contribution in [3.63, 3.8) is 0 Å². The van der Waals surface area contributed by atoms with E-state index in [0.29, 0.717) is 13.4 Å². The third kappa shape index (κ3) is 5.25. The third-order valence-electron chi connectivity index (χ3n) is 4.23. The first kappa shape index (κ1) is 16.1. The fourth-order valence-electron chi connectivity index (χ4n) is 2.81. The summed E-state index contributed by atoms with van der Waals surface area (Å²) in [4.78, 5) is 12.3. The maximum atomic E-state index is 12.3. The first-order chi connectivity index (χ1) is 9.06. The number of carbonyl (C=O) groups is 1. The van der Waals surface area contributed by atoms with Gasteiger partial charge in [-0.3, -0.25) is 10.2 Å². The lowest BCUT2D eigenvalue weighted by Crippen LogP contribution is -2.43. The second-order valence-electron chi connectivity index (χ2n) is 6.00. The Morgan fingerprint density at radius 2 is 1.95 bits per heavy atom. The van der Waals surface area contributed by atoms with Gasteiger partial charge in [-0.15, -0.1) is 0 Å². The molecular formula is C14H27BN2O2. The Morgan fingerprint density at radius 3 is 2.47 bits per heavy atom. The van der Waals surface area contributed by atoms with Crippen LogP contribution in [0.3, 0.4) is 0 Å². The highest BCUT2D eigenvalue weighted by Crippen LogP contribution is 2.27. The predicted octanol–water partition coefficient (Wildman–Crippen LogP) is 2.49. The van der Waals surface area contributed by atoms with Crippen LogP contribution in [0.5, 0.6) is 0 Å². The summed E-state index contributed by atoms with van der Waals surface area (Å²) in [6.45, 7) is 6.15. The van der Waals surface area contributed by atoms with Gasteiger partial charge in [0.1, 0.15) is 6.40 Å². The summed E-state index contributed by atoms with van der Waals surface area (Å²) in [5, 5.41) is 10.0. The molecule has 2 atom stereocenters. The number of rotatable bonds is 7. The Kier molecular flexibility index (Phi) is 6.96. The molecule has 0 unspecified atom stereocenters. The summed E-state index contributed by atoms with van der Waals surface area (Å²) in [5.41, 5.74) is 0. The SMILES string of the molecule is CC(C)[C@@H](BOC=N)C(=O)N[C@@H](C)C1CCCCC1. The van der Waals surface area contributed by atoms with Gasteiger partial charge in [0.15, 0.2) is 0 Å². The molecule has 0 aromatic rings. The smallest absolute Gasteiger partial charge is 0.354 e. The molecule has 1 saturated carbocycles. The first-order valence-electron chi connectivity index (χ1n) is 7.47. The largest absolute Gasteiger partial charge is 0.556 e. The fourth-order valence-corrected chi connectivity index (χ4v) is 2.81. The molecule has 0 heterocycles. The van der Waals surface area contributed by atoms with E-state index >= 15 is 0 Å². The van der Waals surface area contributed by atoms with Gasteiger partial charge >= 0.3 is 7.48 Å². The minimum absolute atomic E-state index is 0.0647. The zero-order valence-electron chi connectivity index (χ0n) is 12.4. The van der Waals surface area contributed by atoms with Gasteiger partial charge in [0.25, 0.3) is 0 Å². The molecule has 0 radical (unpaired) electrons. The van der Waals surface area contributed by atoms with E-state index < -0.39 is 0 Å². The monoisotopic (exact) mass is 266 g/mol. The zero-order chi connectivity index (χ0) is 14.3. The average molecular weight is 266 g/mol. The van der Waals surface area contributed by atoms with Crippen molar-refractivity contribution in [2.24, 2.45) is 11.8 Å². The van der Waals surface area contributed by atoms with Crippen molar-refractivity contribution in [2.75, 3.05) is 0 Å². The highest BCUT2D eigenvalue weighted by atomic mass is 16.4. The minimum atomic E-state index is -0.173. The van der Waals surface area contributed by atoms with Crippen LogP contribution in [0.15, 0.2) is 0 Å². The molecule has 5 heteroatoms.